The molecule has 1 fully saturated rings. The van der Waals surface area contributed by atoms with Crippen LogP contribution in [-0.2, 0) is 11.2 Å². The van der Waals surface area contributed by atoms with Gasteiger partial charge in [0.25, 0.3) is 0 Å². The van der Waals surface area contributed by atoms with E-state index >= 15 is 0 Å². The van der Waals surface area contributed by atoms with Crippen molar-refractivity contribution in [3.8, 4) is 0 Å². The average molecular weight is 247 g/mol. The quantitative estimate of drug-likeness (QED) is 0.889. The minimum atomic E-state index is -0.944. The number of carbonyl (C=O) groups excluding carboxylic acids is 1. The minimum absolute atomic E-state index is 0.0833. The molecule has 1 aliphatic rings. The molecule has 1 aromatic rings. The van der Waals surface area contributed by atoms with E-state index < -0.39 is 5.97 Å². The molecule has 18 heavy (non-hydrogen) atoms. The van der Waals surface area contributed by atoms with Crippen LogP contribution in [0.5, 0.6) is 0 Å². The molecule has 0 aromatic heterocycles. The number of anilines is 1. The van der Waals surface area contributed by atoms with Crippen LogP contribution >= 0.6 is 0 Å². The molecule has 0 saturated carbocycles. The van der Waals surface area contributed by atoms with Gasteiger partial charge in [0.2, 0.25) is 5.91 Å². The van der Waals surface area contributed by atoms with E-state index in [0.717, 1.165) is 30.5 Å². The molecule has 0 atom stereocenters. The highest BCUT2D eigenvalue weighted by molar-refractivity contribution is 5.97. The maximum absolute atomic E-state index is 11.7. The van der Waals surface area contributed by atoms with Gasteiger partial charge < -0.3 is 10.0 Å². The maximum Gasteiger partial charge on any atom is 0.335 e. The highest BCUT2D eigenvalue weighted by Gasteiger charge is 2.22. The van der Waals surface area contributed by atoms with Gasteiger partial charge in [0.15, 0.2) is 0 Å². The van der Waals surface area contributed by atoms with Crippen molar-refractivity contribution in [3.63, 3.8) is 0 Å². The van der Waals surface area contributed by atoms with Crippen molar-refractivity contribution in [2.45, 2.75) is 32.6 Å². The highest BCUT2D eigenvalue weighted by Crippen LogP contribution is 2.25. The van der Waals surface area contributed by atoms with E-state index in [2.05, 4.69) is 0 Å². The van der Waals surface area contributed by atoms with Crippen LogP contribution in [0.15, 0.2) is 18.2 Å². The Hall–Kier alpha value is -1.84. The van der Waals surface area contributed by atoms with E-state index in [1.54, 1.807) is 17.0 Å². The number of carboxylic acid groups (broad SMARTS) is 1. The number of hydrogen-bond donors (Lipinski definition) is 1. The van der Waals surface area contributed by atoms with Crippen molar-refractivity contribution in [1.29, 1.82) is 0 Å². The lowest BCUT2D eigenvalue weighted by Gasteiger charge is -2.17. The van der Waals surface area contributed by atoms with Crippen LogP contribution in [0.3, 0.4) is 0 Å². The lowest BCUT2D eigenvalue weighted by Crippen LogP contribution is -2.24. The Morgan fingerprint density at radius 2 is 2.17 bits per heavy atom. The summed E-state index contributed by atoms with van der Waals surface area (Å²) in [5, 5.41) is 9.11. The zero-order valence-corrected chi connectivity index (χ0v) is 10.5. The van der Waals surface area contributed by atoms with Gasteiger partial charge in [-0.15, -0.1) is 0 Å². The van der Waals surface area contributed by atoms with Gasteiger partial charge in [-0.1, -0.05) is 13.3 Å². The molecule has 1 aliphatic heterocycles. The van der Waals surface area contributed by atoms with Crippen LogP contribution in [0.1, 0.15) is 42.1 Å². The standard InChI is InChI=1S/C14H17NO3/c1-2-4-10-7-11(14(17)18)9-12(8-10)15-6-3-5-13(15)16/h7-9H,2-6H2,1H3,(H,17,18). The number of aromatic carboxylic acids is 1. The molecule has 0 spiro atoms. The first-order chi connectivity index (χ1) is 8.61. The summed E-state index contributed by atoms with van der Waals surface area (Å²) >= 11 is 0. The molecule has 0 aliphatic carbocycles. The summed E-state index contributed by atoms with van der Waals surface area (Å²) in [6.07, 6.45) is 3.19. The Morgan fingerprint density at radius 1 is 1.39 bits per heavy atom. The van der Waals surface area contributed by atoms with Crippen molar-refractivity contribution >= 4 is 17.6 Å². The average Bonchev–Trinajstić information content (AvgIpc) is 2.75. The van der Waals surface area contributed by atoms with Crippen LogP contribution in [0.4, 0.5) is 5.69 Å². The molecule has 1 aromatic carbocycles. The van der Waals surface area contributed by atoms with Gasteiger partial charge in [0, 0.05) is 18.7 Å². The van der Waals surface area contributed by atoms with Gasteiger partial charge in [-0.25, -0.2) is 4.79 Å². The van der Waals surface area contributed by atoms with Crippen LogP contribution in [0.2, 0.25) is 0 Å². The highest BCUT2D eigenvalue weighted by atomic mass is 16.4. The molecule has 1 N–H and O–H groups in total. The first-order valence-corrected chi connectivity index (χ1v) is 6.29. The first-order valence-electron chi connectivity index (χ1n) is 6.29. The fraction of sp³-hybridized carbons (Fsp3) is 0.429. The molecule has 2 rings (SSSR count). The number of rotatable bonds is 4. The van der Waals surface area contributed by atoms with Gasteiger partial charge in [-0.05, 0) is 36.6 Å². The predicted octanol–water partition coefficient (Wildman–Crippen LogP) is 2.46. The fourth-order valence-electron chi connectivity index (χ4n) is 2.31. The van der Waals surface area contributed by atoms with E-state index in [4.69, 9.17) is 5.11 Å². The number of hydrogen-bond acceptors (Lipinski definition) is 2. The third-order valence-electron chi connectivity index (χ3n) is 3.15. The molecule has 96 valence electrons. The van der Waals surface area contributed by atoms with Gasteiger partial charge in [-0.3, -0.25) is 4.79 Å². The Morgan fingerprint density at radius 3 is 2.72 bits per heavy atom. The summed E-state index contributed by atoms with van der Waals surface area (Å²) in [5.41, 5.74) is 1.96. The normalized spacial score (nSPS) is 15.2. The fourth-order valence-corrected chi connectivity index (χ4v) is 2.31. The summed E-state index contributed by atoms with van der Waals surface area (Å²) < 4.78 is 0. The van der Waals surface area contributed by atoms with Gasteiger partial charge in [-0.2, -0.15) is 0 Å². The van der Waals surface area contributed by atoms with Crippen molar-refractivity contribution in [3.05, 3.63) is 29.3 Å². The second-order valence-corrected chi connectivity index (χ2v) is 4.59. The van der Waals surface area contributed by atoms with Crippen molar-refractivity contribution < 1.29 is 14.7 Å². The van der Waals surface area contributed by atoms with Crippen LogP contribution in [0, 0.1) is 0 Å². The van der Waals surface area contributed by atoms with Crippen LogP contribution < -0.4 is 4.90 Å². The lowest BCUT2D eigenvalue weighted by atomic mass is 10.0. The molecular weight excluding hydrogens is 230 g/mol. The number of nitrogens with zero attached hydrogens (tertiary/aromatic N) is 1. The number of aryl methyl sites for hydroxylation is 1. The first kappa shape index (κ1) is 12.6. The Labute approximate surface area is 106 Å². The predicted molar refractivity (Wildman–Crippen MR) is 69.0 cm³/mol. The SMILES string of the molecule is CCCc1cc(C(=O)O)cc(N2CCCC2=O)c1. The Balaban J connectivity index is 2.39. The van der Waals surface area contributed by atoms with E-state index in [1.165, 1.54) is 0 Å². The minimum Gasteiger partial charge on any atom is -0.478 e. The third-order valence-corrected chi connectivity index (χ3v) is 3.15. The smallest absolute Gasteiger partial charge is 0.335 e. The molecule has 1 amide bonds. The van der Waals surface area contributed by atoms with Gasteiger partial charge >= 0.3 is 5.97 Å². The number of carboxylic acids is 1. The molecule has 0 radical (unpaired) electrons. The summed E-state index contributed by atoms with van der Waals surface area (Å²) in [6, 6.07) is 5.21. The van der Waals surface area contributed by atoms with E-state index in [0.29, 0.717) is 13.0 Å². The van der Waals surface area contributed by atoms with Crippen molar-refractivity contribution in [2.75, 3.05) is 11.4 Å². The zero-order valence-electron chi connectivity index (χ0n) is 10.5. The van der Waals surface area contributed by atoms with E-state index in [9.17, 15) is 9.59 Å². The monoisotopic (exact) mass is 247 g/mol. The van der Waals surface area contributed by atoms with Gasteiger partial charge in [0.1, 0.15) is 0 Å². The molecule has 1 saturated heterocycles. The Kier molecular flexibility index (Phi) is 3.65. The molecule has 1 heterocycles. The molecule has 0 bridgehead atoms. The zero-order chi connectivity index (χ0) is 13.1. The van der Waals surface area contributed by atoms with E-state index in [-0.39, 0.29) is 11.5 Å². The summed E-state index contributed by atoms with van der Waals surface area (Å²) in [7, 11) is 0. The second-order valence-electron chi connectivity index (χ2n) is 4.59. The van der Waals surface area contributed by atoms with Crippen molar-refractivity contribution in [2.24, 2.45) is 0 Å². The second kappa shape index (κ2) is 5.21. The molecule has 0 unspecified atom stereocenters. The molecule has 4 nitrogen and oxygen atoms in total. The maximum atomic E-state index is 11.7. The van der Waals surface area contributed by atoms with Crippen molar-refractivity contribution in [1.82, 2.24) is 0 Å². The number of amides is 1. The topological polar surface area (TPSA) is 57.6 Å². The largest absolute Gasteiger partial charge is 0.478 e. The van der Waals surface area contributed by atoms with E-state index in [1.807, 2.05) is 13.0 Å². The van der Waals surface area contributed by atoms with Crippen LogP contribution in [-0.4, -0.2) is 23.5 Å². The molecular formula is C14H17NO3. The summed E-state index contributed by atoms with van der Waals surface area (Å²) in [4.78, 5) is 24.5. The summed E-state index contributed by atoms with van der Waals surface area (Å²) in [5.74, 6) is -0.860. The van der Waals surface area contributed by atoms with Crippen LogP contribution in [0.25, 0.3) is 0 Å². The molecule has 4 heteroatoms. The lowest BCUT2D eigenvalue weighted by molar-refractivity contribution is -0.117. The Bertz CT molecular complexity index is 482. The number of benzene rings is 1. The third kappa shape index (κ3) is 2.53. The summed E-state index contributed by atoms with van der Waals surface area (Å²) in [6.45, 7) is 2.74. The van der Waals surface area contributed by atoms with Gasteiger partial charge in [0.05, 0.1) is 5.56 Å². The number of carbonyl (C=O) groups is 2.